The van der Waals surface area contributed by atoms with E-state index in [1.807, 2.05) is 0 Å². The Morgan fingerprint density at radius 3 is 2.00 bits per heavy atom. The molecule has 0 bridgehead atoms. The number of nitrogens with one attached hydrogen (secondary N) is 1. The summed E-state index contributed by atoms with van der Waals surface area (Å²) in [5.74, 6) is -5.60. The van der Waals surface area contributed by atoms with Crippen LogP contribution in [0.4, 0.5) is 14.5 Å². The molecule has 1 aromatic rings. The van der Waals surface area contributed by atoms with Crippen LogP contribution < -0.4 is 10.2 Å². The van der Waals surface area contributed by atoms with Crippen molar-refractivity contribution in [1.29, 1.82) is 0 Å². The lowest BCUT2D eigenvalue weighted by atomic mass is 10.1. The number of carboxylic acids is 2. The molecule has 0 unspecified atom stereocenters. The number of hydrogen-bond acceptors (Lipinski definition) is 4. The molecule has 0 saturated heterocycles. The molecule has 0 saturated carbocycles. The summed E-state index contributed by atoms with van der Waals surface area (Å²) >= 11 is 6.41. The maximum absolute atomic E-state index is 14.4. The molecule has 0 aliphatic rings. The topological polar surface area (TPSA) is 107 Å². The Morgan fingerprint density at radius 1 is 1.07 bits per heavy atom. The fourth-order valence-corrected chi connectivity index (χ4v) is 3.16. The Hall–Kier alpha value is -1.75. The van der Waals surface area contributed by atoms with Crippen LogP contribution in [0.5, 0.6) is 0 Å². The molecule has 0 fully saturated rings. The number of alkyl halides is 2. The summed E-state index contributed by atoms with van der Waals surface area (Å²) in [6, 6.07) is 0.149. The third-order valence-corrected chi connectivity index (χ3v) is 4.26. The Bertz CT molecular complexity index is 676. The van der Waals surface area contributed by atoms with Gasteiger partial charge in [-0.25, -0.2) is 13.6 Å². The van der Waals surface area contributed by atoms with E-state index in [1.165, 1.54) is 4.90 Å². The highest BCUT2D eigenvalue weighted by molar-refractivity contribution is 9.09. The summed E-state index contributed by atoms with van der Waals surface area (Å²) in [6.45, 7) is 0.669. The first kappa shape index (κ1) is 23.3. The molecule has 0 radical (unpaired) electrons. The van der Waals surface area contributed by atoms with Crippen molar-refractivity contribution in [1.82, 2.24) is 5.32 Å². The summed E-state index contributed by atoms with van der Waals surface area (Å²) in [5.41, 5.74) is -0.681. The Balaban J connectivity index is 3.04. The van der Waals surface area contributed by atoms with E-state index in [9.17, 15) is 23.2 Å². The van der Waals surface area contributed by atoms with E-state index in [0.29, 0.717) is 23.7 Å². The van der Waals surface area contributed by atoms with Gasteiger partial charge in [0, 0.05) is 35.7 Å². The number of carboxylic acid groups (broad SMARTS) is 2. The van der Waals surface area contributed by atoms with Crippen molar-refractivity contribution in [2.24, 2.45) is 0 Å². The molecule has 0 spiro atoms. The average molecular weight is 516 g/mol. The van der Waals surface area contributed by atoms with Crippen molar-refractivity contribution in [2.75, 3.05) is 28.6 Å². The monoisotopic (exact) mass is 514 g/mol. The van der Waals surface area contributed by atoms with Gasteiger partial charge < -0.3 is 20.4 Å². The summed E-state index contributed by atoms with van der Waals surface area (Å²) in [7, 11) is 0. The third-order valence-electron chi connectivity index (χ3n) is 3.55. The van der Waals surface area contributed by atoms with Gasteiger partial charge in [0.25, 0.3) is 5.91 Å². The number of anilines is 1. The van der Waals surface area contributed by atoms with Gasteiger partial charge in [0.1, 0.15) is 23.4 Å². The van der Waals surface area contributed by atoms with Crippen LogP contribution in [0.15, 0.2) is 12.1 Å². The fraction of sp³-hybridized carbons (Fsp3) is 0.438. The molecule has 1 rings (SSSR count). The van der Waals surface area contributed by atoms with Gasteiger partial charge in [-0.2, -0.15) is 0 Å². The molecular formula is C16H18Br2F2N2O5. The second-order valence-corrected chi connectivity index (χ2v) is 7.04. The highest BCUT2D eigenvalue weighted by Gasteiger charge is 2.24. The lowest BCUT2D eigenvalue weighted by Crippen LogP contribution is -2.41. The molecular weight excluding hydrogens is 498 g/mol. The predicted molar refractivity (Wildman–Crippen MR) is 102 cm³/mol. The van der Waals surface area contributed by atoms with Crippen molar-refractivity contribution in [3.8, 4) is 0 Å². The van der Waals surface area contributed by atoms with E-state index < -0.39 is 47.5 Å². The first-order chi connectivity index (χ1) is 12.7. The molecule has 27 heavy (non-hydrogen) atoms. The summed E-state index contributed by atoms with van der Waals surface area (Å²) in [4.78, 5) is 35.3. The van der Waals surface area contributed by atoms with Crippen molar-refractivity contribution < 1.29 is 33.4 Å². The minimum atomic E-state index is -1.49. The van der Waals surface area contributed by atoms with E-state index in [0.717, 1.165) is 12.1 Å². The van der Waals surface area contributed by atoms with E-state index >= 15 is 0 Å². The smallest absolute Gasteiger partial charge is 0.326 e. The lowest BCUT2D eigenvalue weighted by Gasteiger charge is -2.24. The third kappa shape index (κ3) is 7.06. The summed E-state index contributed by atoms with van der Waals surface area (Å²) in [5, 5.41) is 20.7. The van der Waals surface area contributed by atoms with Crippen molar-refractivity contribution >= 4 is 55.4 Å². The van der Waals surface area contributed by atoms with Crippen LogP contribution in [0.1, 0.15) is 23.2 Å². The van der Waals surface area contributed by atoms with Gasteiger partial charge in [0.2, 0.25) is 0 Å². The molecule has 0 aliphatic heterocycles. The zero-order valence-corrected chi connectivity index (χ0v) is 17.2. The Kier molecular flexibility index (Phi) is 9.64. The Morgan fingerprint density at radius 2 is 1.59 bits per heavy atom. The number of carbonyl (C=O) groups excluding carboxylic acids is 1. The normalized spacial score (nSPS) is 11.7. The summed E-state index contributed by atoms with van der Waals surface area (Å²) < 4.78 is 28.9. The molecule has 0 aliphatic carbocycles. The number of halogens is 4. The number of rotatable bonds is 11. The van der Waals surface area contributed by atoms with Crippen molar-refractivity contribution in [3.05, 3.63) is 29.3 Å². The van der Waals surface area contributed by atoms with E-state index in [1.54, 1.807) is 0 Å². The van der Waals surface area contributed by atoms with Gasteiger partial charge in [-0.05, 0) is 18.6 Å². The first-order valence-electron chi connectivity index (χ1n) is 7.82. The molecule has 0 heterocycles. The molecule has 1 atom stereocenters. The lowest BCUT2D eigenvalue weighted by molar-refractivity contribution is -0.140. The highest BCUT2D eigenvalue weighted by Crippen LogP contribution is 2.25. The van der Waals surface area contributed by atoms with Crippen LogP contribution in [-0.2, 0) is 9.59 Å². The molecule has 3 N–H and O–H groups in total. The van der Waals surface area contributed by atoms with Crippen molar-refractivity contribution in [3.63, 3.8) is 0 Å². The maximum atomic E-state index is 14.4. The number of carbonyl (C=O) groups is 3. The minimum absolute atomic E-state index is 0.286. The highest BCUT2D eigenvalue weighted by atomic mass is 79.9. The van der Waals surface area contributed by atoms with Crippen LogP contribution in [0.25, 0.3) is 0 Å². The first-order valence-corrected chi connectivity index (χ1v) is 10.1. The van der Waals surface area contributed by atoms with Gasteiger partial charge in [-0.1, -0.05) is 31.9 Å². The fourth-order valence-electron chi connectivity index (χ4n) is 2.30. The van der Waals surface area contributed by atoms with Crippen LogP contribution in [0.3, 0.4) is 0 Å². The number of amides is 1. The van der Waals surface area contributed by atoms with E-state index in [4.69, 9.17) is 10.2 Å². The van der Waals surface area contributed by atoms with E-state index in [-0.39, 0.29) is 12.1 Å². The van der Waals surface area contributed by atoms with Gasteiger partial charge in [-0.3, -0.25) is 9.59 Å². The van der Waals surface area contributed by atoms with E-state index in [2.05, 4.69) is 37.2 Å². The molecule has 0 aromatic heterocycles. The van der Waals surface area contributed by atoms with Crippen LogP contribution in [-0.4, -0.2) is 57.9 Å². The minimum Gasteiger partial charge on any atom is -0.481 e. The van der Waals surface area contributed by atoms with Gasteiger partial charge in [0.15, 0.2) is 0 Å². The molecule has 1 aromatic carbocycles. The molecule has 7 nitrogen and oxygen atoms in total. The zero-order valence-electron chi connectivity index (χ0n) is 14.1. The number of nitrogens with zero attached hydrogens (tertiary/aromatic N) is 1. The molecule has 150 valence electrons. The van der Waals surface area contributed by atoms with Gasteiger partial charge >= 0.3 is 11.9 Å². The number of aliphatic carboxylic acids is 2. The number of benzene rings is 1. The van der Waals surface area contributed by atoms with Gasteiger partial charge in [-0.15, -0.1) is 0 Å². The largest absolute Gasteiger partial charge is 0.481 e. The molecule has 1 amide bonds. The summed E-state index contributed by atoms with van der Waals surface area (Å²) in [6.07, 6.45) is -0.837. The SMILES string of the molecule is O=C(O)CC[C@H](NC(=O)c1cc(F)c(N(CCBr)CCBr)c(F)c1)C(=O)O. The number of hydrogen-bond donors (Lipinski definition) is 3. The predicted octanol–water partition coefficient (Wildman–Crippen LogP) is 2.61. The Labute approximate surface area is 171 Å². The van der Waals surface area contributed by atoms with Crippen molar-refractivity contribution in [2.45, 2.75) is 18.9 Å². The maximum Gasteiger partial charge on any atom is 0.326 e. The van der Waals surface area contributed by atoms with Gasteiger partial charge in [0.05, 0.1) is 0 Å². The average Bonchev–Trinajstić information content (AvgIpc) is 2.57. The quantitative estimate of drug-likeness (QED) is 0.391. The second kappa shape index (κ2) is 11.2. The van der Waals surface area contributed by atoms with Crippen LogP contribution >= 0.6 is 31.9 Å². The van der Waals surface area contributed by atoms with Crippen LogP contribution in [0, 0.1) is 11.6 Å². The standard InChI is InChI=1S/C16H18Br2F2N2O5/c17-3-5-22(6-4-18)14-10(19)7-9(8-11(14)20)15(25)21-12(16(26)27)1-2-13(23)24/h7-8,12H,1-6H2,(H,21,25)(H,23,24)(H,26,27)/t12-/m0/s1. The zero-order chi connectivity index (χ0) is 20.6. The van der Waals surface area contributed by atoms with Crippen LogP contribution in [0.2, 0.25) is 0 Å². The molecule has 11 heteroatoms. The second-order valence-electron chi connectivity index (χ2n) is 5.45.